The number of carbonyl (C=O) groups is 3. The molecule has 2 amide bonds. The minimum atomic E-state index is -3.74. The van der Waals surface area contributed by atoms with E-state index in [4.69, 9.17) is 4.74 Å². The minimum absolute atomic E-state index is 0.0202. The number of anilines is 1. The third-order valence-electron chi connectivity index (χ3n) is 6.76. The number of likely N-dealkylation sites (tertiary alicyclic amines) is 1. The van der Waals surface area contributed by atoms with Gasteiger partial charge in [0.15, 0.2) is 5.54 Å². The number of fused-ring (bicyclic) bond motifs is 2. The molecule has 2 aliphatic heterocycles. The van der Waals surface area contributed by atoms with Crippen molar-refractivity contribution >= 4 is 39.1 Å². The summed E-state index contributed by atoms with van der Waals surface area (Å²) in [5.74, 6) is -3.06. The molecule has 11 heteroatoms. The highest BCUT2D eigenvalue weighted by Crippen LogP contribution is 2.53. The third kappa shape index (κ3) is 3.94. The predicted octanol–water partition coefficient (Wildman–Crippen LogP) is 2.08. The second-order valence-electron chi connectivity index (χ2n) is 9.10. The van der Waals surface area contributed by atoms with Crippen LogP contribution in [0.15, 0.2) is 71.7 Å². The Morgan fingerprint density at radius 1 is 1.11 bits per heavy atom. The lowest BCUT2D eigenvalue weighted by molar-refractivity contribution is -0.143. The number of ether oxygens (including phenoxy) is 1. The Labute approximate surface area is 221 Å². The van der Waals surface area contributed by atoms with Crippen molar-refractivity contribution in [2.24, 2.45) is 0 Å². The minimum Gasteiger partial charge on any atom is -0.507 e. The number of sulfonamides is 1. The Kier molecular flexibility index (Phi) is 7.29. The molecule has 1 N–H and O–H groups in total. The van der Waals surface area contributed by atoms with E-state index in [2.05, 4.69) is 6.58 Å². The van der Waals surface area contributed by atoms with E-state index in [9.17, 15) is 27.9 Å². The van der Waals surface area contributed by atoms with Gasteiger partial charge in [0, 0.05) is 52.0 Å². The Morgan fingerprint density at radius 3 is 2.37 bits per heavy atom. The van der Waals surface area contributed by atoms with Crippen molar-refractivity contribution < 1.29 is 32.6 Å². The Morgan fingerprint density at radius 2 is 1.76 bits per heavy atom. The fraction of sp³-hybridized carbons (Fsp3) is 0.296. The molecule has 2 aromatic rings. The smallest absolute Gasteiger partial charge is 0.296 e. The summed E-state index contributed by atoms with van der Waals surface area (Å²) in [5.41, 5.74) is -1.30. The molecular formula is C27H29N3O7S. The number of methoxy groups -OCH3 is 1. The molecule has 10 nitrogen and oxygen atoms in total. The van der Waals surface area contributed by atoms with Gasteiger partial charge in [-0.25, -0.2) is 12.7 Å². The summed E-state index contributed by atoms with van der Waals surface area (Å²) in [5, 5.41) is 11.5. The number of aliphatic hydroxyl groups excluding tert-OH is 1. The summed E-state index contributed by atoms with van der Waals surface area (Å²) >= 11 is 0. The van der Waals surface area contributed by atoms with Crippen molar-refractivity contribution in [2.75, 3.05) is 45.8 Å². The standard InChI is InChI=1S/C27H29N3O7S/c1-5-15-29-21-10-7-6-9-20(21)27(26(29)34)22(24(32)25(33)30(27)16-8-17-37-4)23(31)18-11-13-19(14-12-18)38(35,36)28(2)3/h5-7,9-14,31H,1,8,15-17H2,2-4H3/b23-22+. The maximum absolute atomic E-state index is 14.2. The first-order valence-corrected chi connectivity index (χ1v) is 13.3. The molecule has 1 atom stereocenters. The molecular weight excluding hydrogens is 510 g/mol. The first-order valence-electron chi connectivity index (χ1n) is 11.9. The SMILES string of the molecule is C=CCN1C(=O)C2(/C(=C(/O)c3ccc(S(=O)(=O)N(C)C)cc3)C(=O)C(=O)N2CCCOC)c2ccccc21. The van der Waals surface area contributed by atoms with Crippen LogP contribution in [-0.2, 0) is 34.7 Å². The van der Waals surface area contributed by atoms with Crippen LogP contribution >= 0.6 is 0 Å². The van der Waals surface area contributed by atoms with Crippen LogP contribution in [0.4, 0.5) is 5.69 Å². The van der Waals surface area contributed by atoms with Crippen molar-refractivity contribution in [3.8, 4) is 0 Å². The van der Waals surface area contributed by atoms with Crippen LogP contribution in [0.5, 0.6) is 0 Å². The van der Waals surface area contributed by atoms with Crippen LogP contribution in [0, 0.1) is 0 Å². The van der Waals surface area contributed by atoms with Gasteiger partial charge in [0.05, 0.1) is 16.2 Å². The van der Waals surface area contributed by atoms with Gasteiger partial charge < -0.3 is 19.6 Å². The van der Waals surface area contributed by atoms with Crippen LogP contribution < -0.4 is 4.90 Å². The van der Waals surface area contributed by atoms with Gasteiger partial charge in [-0.05, 0) is 36.8 Å². The van der Waals surface area contributed by atoms with Crippen LogP contribution in [0.25, 0.3) is 5.76 Å². The van der Waals surface area contributed by atoms with E-state index in [1.165, 1.54) is 61.3 Å². The van der Waals surface area contributed by atoms with E-state index < -0.39 is 38.9 Å². The quantitative estimate of drug-likeness (QED) is 0.170. The highest BCUT2D eigenvalue weighted by molar-refractivity contribution is 7.89. The van der Waals surface area contributed by atoms with Crippen molar-refractivity contribution in [2.45, 2.75) is 16.9 Å². The number of hydrogen-bond acceptors (Lipinski definition) is 7. The van der Waals surface area contributed by atoms with Gasteiger partial charge in [-0.1, -0.05) is 24.3 Å². The molecule has 38 heavy (non-hydrogen) atoms. The molecule has 0 aliphatic carbocycles. The van der Waals surface area contributed by atoms with Crippen molar-refractivity contribution in [3.05, 3.63) is 77.9 Å². The summed E-state index contributed by atoms with van der Waals surface area (Å²) in [7, 11) is 0.555. The first kappa shape index (κ1) is 27.2. The van der Waals surface area contributed by atoms with Crippen LogP contribution in [-0.4, -0.2) is 81.2 Å². The van der Waals surface area contributed by atoms with Crippen LogP contribution in [0.1, 0.15) is 17.5 Å². The molecule has 1 unspecified atom stereocenters. The number of benzene rings is 2. The maximum Gasteiger partial charge on any atom is 0.296 e. The number of Topliss-reactive ketones (excluding diaryl/α,β-unsaturated/α-hetero) is 1. The normalized spacial score (nSPS) is 20.6. The van der Waals surface area contributed by atoms with Gasteiger partial charge in [-0.3, -0.25) is 14.4 Å². The molecule has 1 fully saturated rings. The van der Waals surface area contributed by atoms with E-state index >= 15 is 0 Å². The van der Waals surface area contributed by atoms with Gasteiger partial charge in [-0.15, -0.1) is 6.58 Å². The van der Waals surface area contributed by atoms with Gasteiger partial charge in [0.2, 0.25) is 10.0 Å². The van der Waals surface area contributed by atoms with Crippen molar-refractivity contribution in [1.82, 2.24) is 9.21 Å². The summed E-state index contributed by atoms with van der Waals surface area (Å²) in [6.45, 7) is 4.16. The molecule has 0 radical (unpaired) electrons. The van der Waals surface area contributed by atoms with Crippen LogP contribution in [0.2, 0.25) is 0 Å². The monoisotopic (exact) mass is 539 g/mol. The van der Waals surface area contributed by atoms with E-state index in [0.717, 1.165) is 4.31 Å². The Hall–Kier alpha value is -3.80. The molecule has 1 saturated heterocycles. The lowest BCUT2D eigenvalue weighted by Gasteiger charge is -2.34. The van der Waals surface area contributed by atoms with Gasteiger partial charge in [0.25, 0.3) is 17.6 Å². The van der Waals surface area contributed by atoms with E-state index in [0.29, 0.717) is 17.7 Å². The number of rotatable bonds is 9. The molecule has 0 bridgehead atoms. The van der Waals surface area contributed by atoms with E-state index in [1.807, 2.05) is 0 Å². The number of aliphatic hydroxyl groups is 1. The second-order valence-corrected chi connectivity index (χ2v) is 11.3. The summed E-state index contributed by atoms with van der Waals surface area (Å²) in [4.78, 5) is 43.7. The molecule has 200 valence electrons. The fourth-order valence-electron chi connectivity index (χ4n) is 4.98. The lowest BCUT2D eigenvalue weighted by Crippen LogP contribution is -2.52. The molecule has 2 aliphatic rings. The number of carbonyl (C=O) groups excluding carboxylic acids is 3. The van der Waals surface area contributed by atoms with Gasteiger partial charge in [-0.2, -0.15) is 0 Å². The Balaban J connectivity index is 1.97. The van der Waals surface area contributed by atoms with Crippen molar-refractivity contribution in [1.29, 1.82) is 0 Å². The third-order valence-corrected chi connectivity index (χ3v) is 8.59. The average Bonchev–Trinajstić information content (AvgIpc) is 3.27. The molecule has 0 aromatic heterocycles. The fourth-order valence-corrected chi connectivity index (χ4v) is 5.89. The lowest BCUT2D eigenvalue weighted by atomic mass is 9.82. The number of para-hydroxylation sites is 1. The molecule has 2 aromatic carbocycles. The van der Waals surface area contributed by atoms with E-state index in [-0.39, 0.29) is 35.7 Å². The molecule has 4 rings (SSSR count). The molecule has 2 heterocycles. The van der Waals surface area contributed by atoms with Gasteiger partial charge >= 0.3 is 0 Å². The molecule has 1 spiro atoms. The van der Waals surface area contributed by atoms with E-state index in [1.54, 1.807) is 24.3 Å². The summed E-state index contributed by atoms with van der Waals surface area (Å²) in [6.07, 6.45) is 1.88. The highest BCUT2D eigenvalue weighted by atomic mass is 32.2. The van der Waals surface area contributed by atoms with Crippen LogP contribution in [0.3, 0.4) is 0 Å². The van der Waals surface area contributed by atoms with Gasteiger partial charge in [0.1, 0.15) is 5.76 Å². The topological polar surface area (TPSA) is 125 Å². The number of amides is 2. The zero-order valence-electron chi connectivity index (χ0n) is 21.4. The first-order chi connectivity index (χ1) is 18.0. The average molecular weight is 540 g/mol. The second kappa shape index (κ2) is 10.2. The number of ketones is 1. The summed E-state index contributed by atoms with van der Waals surface area (Å²) in [6, 6.07) is 12.1. The maximum atomic E-state index is 14.2. The number of hydrogen-bond donors (Lipinski definition) is 1. The van der Waals surface area contributed by atoms with Crippen molar-refractivity contribution in [3.63, 3.8) is 0 Å². The largest absolute Gasteiger partial charge is 0.507 e. The zero-order valence-corrected chi connectivity index (χ0v) is 22.2. The predicted molar refractivity (Wildman–Crippen MR) is 141 cm³/mol. The Bertz CT molecular complexity index is 1450. The molecule has 0 saturated carbocycles. The zero-order chi connectivity index (χ0) is 27.8. The number of nitrogens with zero attached hydrogens (tertiary/aromatic N) is 3. The summed E-state index contributed by atoms with van der Waals surface area (Å²) < 4.78 is 31.2. The highest BCUT2D eigenvalue weighted by Gasteiger charge is 2.66.